The van der Waals surface area contributed by atoms with Crippen LogP contribution >= 0.6 is 22.9 Å². The summed E-state index contributed by atoms with van der Waals surface area (Å²) in [5, 5.41) is 14.7. The van der Waals surface area contributed by atoms with E-state index in [1.54, 1.807) is 17.0 Å². The van der Waals surface area contributed by atoms with Gasteiger partial charge in [-0.1, -0.05) is 11.6 Å². The van der Waals surface area contributed by atoms with Gasteiger partial charge >= 0.3 is 0 Å². The number of H-pyrrole nitrogens is 1. The van der Waals surface area contributed by atoms with E-state index in [1.807, 2.05) is 0 Å². The van der Waals surface area contributed by atoms with Crippen LogP contribution in [0.25, 0.3) is 22.4 Å². The van der Waals surface area contributed by atoms with E-state index in [4.69, 9.17) is 25.8 Å². The van der Waals surface area contributed by atoms with Crippen LogP contribution in [0.3, 0.4) is 0 Å². The number of halogens is 3. The van der Waals surface area contributed by atoms with Crippen molar-refractivity contribution >= 4 is 39.9 Å². The Morgan fingerprint density at radius 2 is 1.97 bits per heavy atom. The maximum atomic E-state index is 14.6. The fraction of sp³-hybridized carbons (Fsp3) is 0.318. The molecule has 5 heterocycles. The first-order chi connectivity index (χ1) is 17.0. The summed E-state index contributed by atoms with van der Waals surface area (Å²) in [5.41, 5.74) is 3.14. The van der Waals surface area contributed by atoms with Gasteiger partial charge in [0.15, 0.2) is 11.8 Å². The zero-order valence-corrected chi connectivity index (χ0v) is 19.4. The molecule has 0 saturated carbocycles. The number of pyridine rings is 1. The van der Waals surface area contributed by atoms with Gasteiger partial charge < -0.3 is 29.6 Å². The fourth-order valence-corrected chi connectivity index (χ4v) is 4.99. The summed E-state index contributed by atoms with van der Waals surface area (Å²) < 4.78 is 46.3. The van der Waals surface area contributed by atoms with Gasteiger partial charge in [0, 0.05) is 23.1 Å². The van der Waals surface area contributed by atoms with Crippen LogP contribution in [0.15, 0.2) is 29.1 Å². The maximum Gasteiger partial charge on any atom is 0.296 e. The molecule has 35 heavy (non-hydrogen) atoms. The molecule has 0 aliphatic carbocycles. The number of benzene rings is 1. The zero-order valence-electron chi connectivity index (χ0n) is 17.9. The van der Waals surface area contributed by atoms with Crippen molar-refractivity contribution in [2.45, 2.75) is 31.0 Å². The molecule has 2 fully saturated rings. The summed E-state index contributed by atoms with van der Waals surface area (Å²) in [6.45, 7) is 0.266. The van der Waals surface area contributed by atoms with E-state index in [-0.39, 0.29) is 42.2 Å². The minimum absolute atomic E-state index is 0.150. The molecule has 182 valence electrons. The number of aliphatic hydroxyl groups is 1. The molecule has 2 aliphatic rings. The van der Waals surface area contributed by atoms with Crippen LogP contribution < -0.4 is 10.1 Å². The van der Waals surface area contributed by atoms with Crippen molar-refractivity contribution in [1.82, 2.24) is 19.9 Å². The summed E-state index contributed by atoms with van der Waals surface area (Å²) >= 11 is 7.68. The predicted octanol–water partition coefficient (Wildman–Crippen LogP) is 3.53. The second-order valence-corrected chi connectivity index (χ2v) is 9.32. The molecule has 0 bridgehead atoms. The average molecular weight is 522 g/mol. The third-order valence-electron chi connectivity index (χ3n) is 5.95. The summed E-state index contributed by atoms with van der Waals surface area (Å²) in [7, 11) is 0. The number of nitrogens with one attached hydrogen (secondary N) is 2. The maximum absolute atomic E-state index is 14.6. The van der Waals surface area contributed by atoms with Crippen LogP contribution in [0.2, 0.25) is 5.02 Å². The predicted molar refractivity (Wildman–Crippen MR) is 124 cm³/mol. The van der Waals surface area contributed by atoms with E-state index in [0.717, 1.165) is 0 Å². The molecule has 2 saturated heterocycles. The van der Waals surface area contributed by atoms with Gasteiger partial charge in [0.2, 0.25) is 0 Å². The first kappa shape index (κ1) is 22.6. The summed E-state index contributed by atoms with van der Waals surface area (Å²) in [6, 6.07) is 4.27. The lowest BCUT2D eigenvalue weighted by molar-refractivity contribution is 0.00706. The minimum Gasteiger partial charge on any atom is -0.456 e. The molecule has 0 radical (unpaired) electrons. The number of hydrogen-bond donors (Lipinski definition) is 3. The van der Waals surface area contributed by atoms with Crippen LogP contribution in [0.4, 0.5) is 14.6 Å². The zero-order chi connectivity index (χ0) is 24.1. The molecule has 4 atom stereocenters. The molecular formula is C22H18ClF2N5O4S. The van der Waals surface area contributed by atoms with Crippen LogP contribution in [-0.4, -0.2) is 62.7 Å². The largest absolute Gasteiger partial charge is 0.456 e. The number of aromatic amines is 1. The summed E-state index contributed by atoms with van der Waals surface area (Å²) in [5.74, 6) is -1.19. The number of rotatable bonds is 6. The van der Waals surface area contributed by atoms with Gasteiger partial charge in [0.1, 0.15) is 35.8 Å². The SMILES string of the molecule is O[C@@H]1CO[C@H]2[C@@H]1OC[C@H]2Oc1nc2nc(NCc3c(F)cc(-c4cscn4)cc3F)c(Cl)cc2[nH]1. The number of aliphatic hydroxyl groups excluding tert-OH is 1. The molecule has 9 nitrogen and oxygen atoms in total. The monoisotopic (exact) mass is 521 g/mol. The molecule has 0 amide bonds. The summed E-state index contributed by atoms with van der Waals surface area (Å²) in [6.07, 6.45) is -1.94. The highest BCUT2D eigenvalue weighted by Gasteiger charge is 2.48. The summed E-state index contributed by atoms with van der Waals surface area (Å²) in [4.78, 5) is 15.8. The number of hydrogen-bond acceptors (Lipinski definition) is 9. The number of anilines is 1. The first-order valence-corrected chi connectivity index (χ1v) is 12.0. The van der Waals surface area contributed by atoms with Crippen LogP contribution in [0, 0.1) is 11.6 Å². The second-order valence-electron chi connectivity index (χ2n) is 8.20. The van der Waals surface area contributed by atoms with Crippen molar-refractivity contribution in [3.8, 4) is 17.3 Å². The first-order valence-electron chi connectivity index (χ1n) is 10.7. The topological polar surface area (TPSA) is 114 Å². The van der Waals surface area contributed by atoms with Crippen LogP contribution in [0.1, 0.15) is 5.56 Å². The van der Waals surface area contributed by atoms with E-state index in [2.05, 4.69) is 25.3 Å². The molecule has 2 aliphatic heterocycles. The van der Waals surface area contributed by atoms with Crippen LogP contribution in [0.5, 0.6) is 6.01 Å². The number of aromatic nitrogens is 4. The lowest BCUT2D eigenvalue weighted by atomic mass is 10.1. The van der Waals surface area contributed by atoms with E-state index < -0.39 is 36.1 Å². The quantitative estimate of drug-likeness (QED) is 0.353. The lowest BCUT2D eigenvalue weighted by Crippen LogP contribution is -2.34. The molecule has 4 aromatic rings. The molecule has 0 spiro atoms. The van der Waals surface area contributed by atoms with Crippen molar-refractivity contribution in [2.75, 3.05) is 18.5 Å². The van der Waals surface area contributed by atoms with Gasteiger partial charge in [0.25, 0.3) is 6.01 Å². The normalized spacial score (nSPS) is 23.7. The Bertz CT molecular complexity index is 1360. The standard InChI is InChI=1S/C22H18ClF2N5O4S/c23-11-3-14-21(30-22(28-14)34-17-6-33-18-16(31)5-32-19(17)18)29-20(11)26-4-10-12(24)1-9(2-13(10)25)15-7-35-8-27-15/h1-3,7-8,16-19,31H,4-6H2,(H2,26,28,29,30)/t16-,17-,18-,19-/m1/s1. The third kappa shape index (κ3) is 4.21. The van der Waals surface area contributed by atoms with E-state index in [1.165, 1.54) is 23.5 Å². The van der Waals surface area contributed by atoms with Gasteiger partial charge in [-0.05, 0) is 18.2 Å². The molecule has 1 aromatic carbocycles. The number of nitrogens with zero attached hydrogens (tertiary/aromatic N) is 3. The van der Waals surface area contributed by atoms with Crippen LogP contribution in [-0.2, 0) is 16.0 Å². The Labute approximate surface area is 206 Å². The van der Waals surface area contributed by atoms with Crippen molar-refractivity contribution in [2.24, 2.45) is 0 Å². The lowest BCUT2D eigenvalue weighted by Gasteiger charge is -2.15. The Morgan fingerprint density at radius 3 is 2.74 bits per heavy atom. The number of imidazole rings is 1. The number of thiazole rings is 1. The Hall–Kier alpha value is -2.90. The Kier molecular flexibility index (Phi) is 5.77. The highest BCUT2D eigenvalue weighted by Crippen LogP contribution is 2.31. The Morgan fingerprint density at radius 1 is 1.17 bits per heavy atom. The van der Waals surface area contributed by atoms with Gasteiger partial charge in [-0.3, -0.25) is 0 Å². The highest BCUT2D eigenvalue weighted by molar-refractivity contribution is 7.07. The van der Waals surface area contributed by atoms with Gasteiger partial charge in [0.05, 0.1) is 35.0 Å². The van der Waals surface area contributed by atoms with Gasteiger partial charge in [-0.15, -0.1) is 11.3 Å². The van der Waals surface area contributed by atoms with Crippen molar-refractivity contribution in [3.05, 3.63) is 51.3 Å². The third-order valence-corrected chi connectivity index (χ3v) is 6.83. The smallest absolute Gasteiger partial charge is 0.296 e. The van der Waals surface area contributed by atoms with E-state index in [9.17, 15) is 13.9 Å². The van der Waals surface area contributed by atoms with E-state index in [0.29, 0.717) is 22.4 Å². The number of ether oxygens (including phenoxy) is 3. The number of fused-ring (bicyclic) bond motifs is 2. The van der Waals surface area contributed by atoms with E-state index >= 15 is 0 Å². The molecular weight excluding hydrogens is 504 g/mol. The highest BCUT2D eigenvalue weighted by atomic mass is 35.5. The second kappa shape index (κ2) is 8.95. The van der Waals surface area contributed by atoms with Gasteiger partial charge in [-0.25, -0.2) is 18.7 Å². The van der Waals surface area contributed by atoms with Crippen molar-refractivity contribution < 1.29 is 28.1 Å². The Balaban J connectivity index is 1.18. The van der Waals surface area contributed by atoms with Crippen molar-refractivity contribution in [3.63, 3.8) is 0 Å². The van der Waals surface area contributed by atoms with Crippen molar-refractivity contribution in [1.29, 1.82) is 0 Å². The van der Waals surface area contributed by atoms with Gasteiger partial charge in [-0.2, -0.15) is 4.98 Å². The minimum atomic E-state index is -0.704. The molecule has 0 unspecified atom stereocenters. The molecule has 13 heteroatoms. The molecule has 6 rings (SSSR count). The molecule has 3 N–H and O–H groups in total. The molecule has 3 aromatic heterocycles. The fourth-order valence-electron chi connectivity index (χ4n) is 4.21. The average Bonchev–Trinajstić information content (AvgIpc) is 3.61.